The highest BCUT2D eigenvalue weighted by atomic mass is 32.2. The van der Waals surface area contributed by atoms with Gasteiger partial charge in [0.25, 0.3) is 0 Å². The number of carbonyl (C=O) groups is 2. The Bertz CT molecular complexity index is 427. The molecule has 0 aromatic carbocycles. The average Bonchev–Trinajstić information content (AvgIpc) is 3.18. The van der Waals surface area contributed by atoms with Gasteiger partial charge in [-0.05, 0) is 37.0 Å². The molecule has 0 radical (unpaired) electrons. The fourth-order valence-corrected chi connectivity index (χ4v) is 5.22. The number of amides is 2. The van der Waals surface area contributed by atoms with E-state index in [9.17, 15) is 9.59 Å². The Kier molecular flexibility index (Phi) is 4.48. The predicted molar refractivity (Wildman–Crippen MR) is 84.7 cm³/mol. The highest BCUT2D eigenvalue weighted by Gasteiger charge is 2.47. The average molecular weight is 310 g/mol. The summed E-state index contributed by atoms with van der Waals surface area (Å²) >= 11 is 1.70. The number of hydrogen-bond acceptors (Lipinski definition) is 3. The lowest BCUT2D eigenvalue weighted by atomic mass is 9.87. The van der Waals surface area contributed by atoms with Crippen LogP contribution in [-0.4, -0.2) is 40.9 Å². The second-order valence-electron chi connectivity index (χ2n) is 7.24. The van der Waals surface area contributed by atoms with Crippen LogP contribution in [0.4, 0.5) is 0 Å². The van der Waals surface area contributed by atoms with Crippen molar-refractivity contribution in [3.8, 4) is 0 Å². The van der Waals surface area contributed by atoms with Gasteiger partial charge in [0.2, 0.25) is 11.8 Å². The number of nitrogens with zero attached hydrogens (tertiary/aromatic N) is 1. The summed E-state index contributed by atoms with van der Waals surface area (Å²) in [5.41, 5.74) is 0. The molecule has 2 amide bonds. The fraction of sp³-hybridized carbons (Fsp3) is 0.875. The van der Waals surface area contributed by atoms with Gasteiger partial charge in [-0.1, -0.05) is 20.3 Å². The van der Waals surface area contributed by atoms with Gasteiger partial charge in [0.05, 0.1) is 5.88 Å². The normalized spacial score (nSPS) is 34.7. The van der Waals surface area contributed by atoms with Gasteiger partial charge in [-0.25, -0.2) is 0 Å². The molecule has 3 rings (SSSR count). The molecule has 4 nitrogen and oxygen atoms in total. The van der Waals surface area contributed by atoms with Crippen LogP contribution < -0.4 is 5.32 Å². The van der Waals surface area contributed by atoms with Crippen molar-refractivity contribution >= 4 is 23.6 Å². The van der Waals surface area contributed by atoms with Crippen LogP contribution >= 0.6 is 11.8 Å². The second kappa shape index (κ2) is 6.19. The largest absolute Gasteiger partial charge is 0.354 e. The van der Waals surface area contributed by atoms with Crippen molar-refractivity contribution in [2.45, 2.75) is 45.6 Å². The van der Waals surface area contributed by atoms with Gasteiger partial charge >= 0.3 is 0 Å². The lowest BCUT2D eigenvalue weighted by Crippen LogP contribution is -2.50. The van der Waals surface area contributed by atoms with E-state index < -0.39 is 0 Å². The minimum absolute atomic E-state index is 0.0326. The van der Waals surface area contributed by atoms with Crippen molar-refractivity contribution < 1.29 is 9.59 Å². The summed E-state index contributed by atoms with van der Waals surface area (Å²) in [5, 5.41) is 2.99. The third kappa shape index (κ3) is 3.08. The smallest absolute Gasteiger partial charge is 0.243 e. The highest BCUT2D eigenvalue weighted by molar-refractivity contribution is 7.99. The molecule has 0 spiro atoms. The topological polar surface area (TPSA) is 49.4 Å². The Labute approximate surface area is 131 Å². The summed E-state index contributed by atoms with van der Waals surface area (Å²) in [4.78, 5) is 27.0. The van der Waals surface area contributed by atoms with Crippen molar-refractivity contribution in [2.75, 3.05) is 18.2 Å². The molecule has 21 heavy (non-hydrogen) atoms. The molecule has 2 saturated carbocycles. The Hall–Kier alpha value is -0.710. The first-order valence-electron chi connectivity index (χ1n) is 8.22. The summed E-state index contributed by atoms with van der Waals surface area (Å²) in [7, 11) is 0. The van der Waals surface area contributed by atoms with E-state index in [1.807, 2.05) is 4.90 Å². The summed E-state index contributed by atoms with van der Waals surface area (Å²) in [6.45, 7) is 4.86. The van der Waals surface area contributed by atoms with Crippen LogP contribution in [-0.2, 0) is 9.59 Å². The van der Waals surface area contributed by atoms with Crippen molar-refractivity contribution in [2.24, 2.45) is 23.7 Å². The maximum Gasteiger partial charge on any atom is 0.243 e. The van der Waals surface area contributed by atoms with Crippen LogP contribution in [0, 0.1) is 23.7 Å². The summed E-state index contributed by atoms with van der Waals surface area (Å²) in [6.07, 6.45) is 4.82. The molecular weight excluding hydrogens is 284 g/mol. The number of hydrogen-bond donors (Lipinski definition) is 1. The lowest BCUT2D eigenvalue weighted by Gasteiger charge is -2.29. The highest BCUT2D eigenvalue weighted by Crippen LogP contribution is 2.49. The number of carbonyl (C=O) groups excluding carboxylic acids is 2. The number of rotatable bonds is 4. The van der Waals surface area contributed by atoms with E-state index >= 15 is 0 Å². The van der Waals surface area contributed by atoms with Gasteiger partial charge in [0.1, 0.15) is 6.04 Å². The molecule has 0 aromatic rings. The first-order chi connectivity index (χ1) is 10.1. The molecule has 5 heteroatoms. The third-order valence-electron chi connectivity index (χ3n) is 5.21. The molecule has 2 bridgehead atoms. The molecule has 1 aliphatic heterocycles. The van der Waals surface area contributed by atoms with Gasteiger partial charge in [0.15, 0.2) is 0 Å². The summed E-state index contributed by atoms with van der Waals surface area (Å²) < 4.78 is 0. The van der Waals surface area contributed by atoms with E-state index in [-0.39, 0.29) is 23.8 Å². The molecule has 0 unspecified atom stereocenters. The Morgan fingerprint density at radius 1 is 1.29 bits per heavy atom. The molecule has 3 fully saturated rings. The number of fused-ring (bicyclic) bond motifs is 2. The van der Waals surface area contributed by atoms with Crippen molar-refractivity contribution in [3.63, 3.8) is 0 Å². The molecule has 4 atom stereocenters. The SMILES string of the molecule is CC(C)CNC(=O)[C@H]1CSCN1C(=O)[C@H]1C[C@H]2CC[C@H]1C2. The molecule has 1 heterocycles. The van der Waals surface area contributed by atoms with E-state index in [1.165, 1.54) is 19.3 Å². The monoisotopic (exact) mass is 310 g/mol. The van der Waals surface area contributed by atoms with E-state index in [4.69, 9.17) is 0 Å². The van der Waals surface area contributed by atoms with E-state index in [0.717, 1.165) is 18.1 Å². The maximum atomic E-state index is 12.8. The zero-order chi connectivity index (χ0) is 15.0. The molecule has 2 aliphatic carbocycles. The Balaban J connectivity index is 1.61. The van der Waals surface area contributed by atoms with Crippen LogP contribution in [0.15, 0.2) is 0 Å². The third-order valence-corrected chi connectivity index (χ3v) is 6.22. The molecule has 1 saturated heterocycles. The first kappa shape index (κ1) is 15.2. The zero-order valence-corrected chi connectivity index (χ0v) is 13.8. The second-order valence-corrected chi connectivity index (χ2v) is 8.24. The Morgan fingerprint density at radius 2 is 2.10 bits per heavy atom. The number of nitrogens with one attached hydrogen (secondary N) is 1. The van der Waals surface area contributed by atoms with Crippen molar-refractivity contribution in [1.82, 2.24) is 10.2 Å². The summed E-state index contributed by atoms with van der Waals surface area (Å²) in [6, 6.07) is -0.250. The van der Waals surface area contributed by atoms with Gasteiger partial charge in [0, 0.05) is 18.2 Å². The van der Waals surface area contributed by atoms with E-state index in [1.54, 1.807) is 11.8 Å². The fourth-order valence-electron chi connectivity index (χ4n) is 4.06. The van der Waals surface area contributed by atoms with E-state index in [2.05, 4.69) is 19.2 Å². The maximum absolute atomic E-state index is 12.8. The van der Waals surface area contributed by atoms with Gasteiger partial charge in [-0.15, -0.1) is 11.8 Å². The van der Waals surface area contributed by atoms with Gasteiger partial charge in [-0.2, -0.15) is 0 Å². The number of thioether (sulfide) groups is 1. The molecule has 3 aliphatic rings. The molecule has 118 valence electrons. The molecular formula is C16H26N2O2S. The van der Waals surface area contributed by atoms with Crippen LogP contribution in [0.25, 0.3) is 0 Å². The predicted octanol–water partition coefficient (Wildman–Crippen LogP) is 2.10. The standard InChI is InChI=1S/C16H26N2O2S/c1-10(2)7-17-15(19)14-8-21-9-18(14)16(20)13-6-11-3-4-12(13)5-11/h10-14H,3-9H2,1-2H3,(H,17,19)/t11-,12-,13-,14+/m0/s1. The van der Waals surface area contributed by atoms with Crippen molar-refractivity contribution in [1.29, 1.82) is 0 Å². The minimum atomic E-state index is -0.250. The molecule has 0 aromatic heterocycles. The zero-order valence-electron chi connectivity index (χ0n) is 13.0. The van der Waals surface area contributed by atoms with Crippen LogP contribution in [0.1, 0.15) is 39.5 Å². The first-order valence-corrected chi connectivity index (χ1v) is 9.37. The van der Waals surface area contributed by atoms with Gasteiger partial charge < -0.3 is 10.2 Å². The molecule has 1 N–H and O–H groups in total. The van der Waals surface area contributed by atoms with Crippen LogP contribution in [0.5, 0.6) is 0 Å². The van der Waals surface area contributed by atoms with Gasteiger partial charge in [-0.3, -0.25) is 9.59 Å². The van der Waals surface area contributed by atoms with Crippen LogP contribution in [0.3, 0.4) is 0 Å². The van der Waals surface area contributed by atoms with Crippen LogP contribution in [0.2, 0.25) is 0 Å². The summed E-state index contributed by atoms with van der Waals surface area (Å²) in [5.74, 6) is 3.71. The Morgan fingerprint density at radius 3 is 2.71 bits per heavy atom. The minimum Gasteiger partial charge on any atom is -0.354 e. The van der Waals surface area contributed by atoms with Crippen molar-refractivity contribution in [3.05, 3.63) is 0 Å². The lowest BCUT2D eigenvalue weighted by molar-refractivity contribution is -0.142. The van der Waals surface area contributed by atoms with E-state index in [0.29, 0.717) is 24.3 Å². The quantitative estimate of drug-likeness (QED) is 0.865.